The third-order valence-electron chi connectivity index (χ3n) is 4.02. The van der Waals surface area contributed by atoms with Gasteiger partial charge in [0.15, 0.2) is 5.96 Å². The maximum atomic E-state index is 5.85. The summed E-state index contributed by atoms with van der Waals surface area (Å²) in [6.45, 7) is 10.8. The number of hydrogen-bond acceptors (Lipinski definition) is 2. The summed E-state index contributed by atoms with van der Waals surface area (Å²) in [5, 5.41) is 3.23. The van der Waals surface area contributed by atoms with Crippen LogP contribution in [0.4, 0.5) is 0 Å². The molecule has 1 heterocycles. The van der Waals surface area contributed by atoms with Crippen molar-refractivity contribution in [1.29, 1.82) is 0 Å². The Labute approximate surface area is 157 Å². The smallest absolute Gasteiger partial charge is 0.188 e. The fourth-order valence-corrected chi connectivity index (χ4v) is 2.74. The summed E-state index contributed by atoms with van der Waals surface area (Å²) in [5.41, 5.74) is 8.30. The highest BCUT2D eigenvalue weighted by atomic mass is 127. The van der Waals surface area contributed by atoms with Gasteiger partial charge in [-0.15, -0.1) is 24.0 Å². The SMILES string of the molecule is C=C(C)CN=C(N)NCC1CCN(CCc2ccccc2)C1.I. The number of aliphatic imine (C=N–C) groups is 1. The maximum absolute atomic E-state index is 5.85. The van der Waals surface area contributed by atoms with Crippen molar-refractivity contribution in [3.05, 3.63) is 48.0 Å². The average molecular weight is 428 g/mol. The van der Waals surface area contributed by atoms with Crippen molar-refractivity contribution in [3.63, 3.8) is 0 Å². The minimum Gasteiger partial charge on any atom is -0.370 e. The van der Waals surface area contributed by atoms with E-state index >= 15 is 0 Å². The Kier molecular flexibility index (Phi) is 9.24. The molecule has 1 fully saturated rings. The summed E-state index contributed by atoms with van der Waals surface area (Å²) in [5.74, 6) is 1.19. The molecule has 1 aliphatic rings. The molecule has 23 heavy (non-hydrogen) atoms. The normalized spacial score (nSPS) is 18.5. The van der Waals surface area contributed by atoms with Gasteiger partial charge in [-0.05, 0) is 37.8 Å². The molecule has 2 rings (SSSR count). The van der Waals surface area contributed by atoms with Gasteiger partial charge in [0, 0.05) is 19.6 Å². The lowest BCUT2D eigenvalue weighted by Gasteiger charge is -2.16. The monoisotopic (exact) mass is 428 g/mol. The van der Waals surface area contributed by atoms with Gasteiger partial charge in [-0.2, -0.15) is 0 Å². The molecule has 1 atom stereocenters. The van der Waals surface area contributed by atoms with Crippen LogP contribution in [0.1, 0.15) is 18.9 Å². The van der Waals surface area contributed by atoms with Crippen molar-refractivity contribution < 1.29 is 0 Å². The van der Waals surface area contributed by atoms with Crippen LogP contribution in [0, 0.1) is 5.92 Å². The van der Waals surface area contributed by atoms with Crippen molar-refractivity contribution in [2.24, 2.45) is 16.6 Å². The van der Waals surface area contributed by atoms with E-state index in [0.29, 0.717) is 18.4 Å². The first-order valence-corrected chi connectivity index (χ1v) is 8.08. The number of likely N-dealkylation sites (tertiary alicyclic amines) is 1. The van der Waals surface area contributed by atoms with Gasteiger partial charge in [-0.1, -0.05) is 42.5 Å². The highest BCUT2D eigenvalue weighted by molar-refractivity contribution is 14.0. The summed E-state index contributed by atoms with van der Waals surface area (Å²) in [6.07, 6.45) is 2.36. The number of hydrogen-bond donors (Lipinski definition) is 2. The number of rotatable bonds is 7. The van der Waals surface area contributed by atoms with Crippen LogP contribution >= 0.6 is 24.0 Å². The molecule has 4 nitrogen and oxygen atoms in total. The van der Waals surface area contributed by atoms with Crippen LogP contribution in [0.3, 0.4) is 0 Å². The Morgan fingerprint density at radius 2 is 2.13 bits per heavy atom. The first kappa shape index (κ1) is 20.0. The molecule has 0 aliphatic carbocycles. The van der Waals surface area contributed by atoms with Crippen LogP contribution in [0.25, 0.3) is 0 Å². The van der Waals surface area contributed by atoms with Crippen LogP contribution in [-0.2, 0) is 6.42 Å². The molecule has 128 valence electrons. The zero-order chi connectivity index (χ0) is 15.8. The highest BCUT2D eigenvalue weighted by Crippen LogP contribution is 2.15. The maximum Gasteiger partial charge on any atom is 0.188 e. The fourth-order valence-electron chi connectivity index (χ4n) is 2.74. The second-order valence-electron chi connectivity index (χ2n) is 6.23. The van der Waals surface area contributed by atoms with Crippen molar-refractivity contribution in [2.75, 3.05) is 32.7 Å². The Balaban J connectivity index is 0.00000264. The Morgan fingerprint density at radius 3 is 2.83 bits per heavy atom. The number of halogens is 1. The Hall–Kier alpha value is -1.08. The third kappa shape index (κ3) is 7.83. The van der Waals surface area contributed by atoms with Crippen molar-refractivity contribution >= 4 is 29.9 Å². The molecule has 0 bridgehead atoms. The fraction of sp³-hybridized carbons (Fsp3) is 0.500. The summed E-state index contributed by atoms with van der Waals surface area (Å²) in [6, 6.07) is 10.7. The van der Waals surface area contributed by atoms with Crippen molar-refractivity contribution in [3.8, 4) is 0 Å². The van der Waals surface area contributed by atoms with Gasteiger partial charge >= 0.3 is 0 Å². The average Bonchev–Trinajstić information content (AvgIpc) is 2.98. The molecule has 3 N–H and O–H groups in total. The predicted molar refractivity (Wildman–Crippen MR) is 109 cm³/mol. The number of benzene rings is 1. The van der Waals surface area contributed by atoms with Gasteiger partial charge in [0.2, 0.25) is 0 Å². The van der Waals surface area contributed by atoms with Crippen molar-refractivity contribution in [2.45, 2.75) is 19.8 Å². The zero-order valence-corrected chi connectivity index (χ0v) is 16.3. The van der Waals surface area contributed by atoms with Crippen LogP contribution in [0.5, 0.6) is 0 Å². The molecule has 0 spiro atoms. The van der Waals surface area contributed by atoms with Crippen LogP contribution < -0.4 is 11.1 Å². The van der Waals surface area contributed by atoms with Gasteiger partial charge in [0.25, 0.3) is 0 Å². The van der Waals surface area contributed by atoms with Gasteiger partial charge < -0.3 is 16.0 Å². The standard InChI is InChI=1S/C18H28N4.HI/c1-15(2)12-20-18(19)21-13-17-9-11-22(14-17)10-8-16-6-4-3-5-7-16;/h3-7,17H,1,8-14H2,2H3,(H3,19,20,21);1H. The molecule has 1 aromatic rings. The summed E-state index contributed by atoms with van der Waals surface area (Å²) < 4.78 is 0. The molecule has 0 aromatic heterocycles. The van der Waals surface area contributed by atoms with E-state index < -0.39 is 0 Å². The van der Waals surface area contributed by atoms with E-state index in [9.17, 15) is 0 Å². The first-order valence-electron chi connectivity index (χ1n) is 8.08. The number of nitrogens with two attached hydrogens (primary N) is 1. The molecular weight excluding hydrogens is 399 g/mol. The van der Waals surface area contributed by atoms with E-state index in [2.05, 4.69) is 52.1 Å². The minimum absolute atomic E-state index is 0. The largest absolute Gasteiger partial charge is 0.370 e. The highest BCUT2D eigenvalue weighted by Gasteiger charge is 2.21. The molecule has 1 aliphatic heterocycles. The van der Waals surface area contributed by atoms with E-state index in [-0.39, 0.29) is 24.0 Å². The lowest BCUT2D eigenvalue weighted by atomic mass is 10.1. The number of nitrogens with one attached hydrogen (secondary N) is 1. The summed E-state index contributed by atoms with van der Waals surface area (Å²) >= 11 is 0. The summed E-state index contributed by atoms with van der Waals surface area (Å²) in [4.78, 5) is 6.79. The molecule has 1 saturated heterocycles. The quantitative estimate of drug-likeness (QED) is 0.304. The van der Waals surface area contributed by atoms with E-state index in [1.165, 1.54) is 18.5 Å². The molecule has 1 unspecified atom stereocenters. The Bertz CT molecular complexity index is 501. The Morgan fingerprint density at radius 1 is 1.39 bits per heavy atom. The molecule has 0 radical (unpaired) electrons. The topological polar surface area (TPSA) is 53.6 Å². The van der Waals surface area contributed by atoms with E-state index in [0.717, 1.165) is 31.6 Å². The van der Waals surface area contributed by atoms with Crippen LogP contribution in [0.15, 0.2) is 47.5 Å². The van der Waals surface area contributed by atoms with Gasteiger partial charge in [-0.25, -0.2) is 4.99 Å². The second-order valence-corrected chi connectivity index (χ2v) is 6.23. The van der Waals surface area contributed by atoms with Crippen LogP contribution in [-0.4, -0.2) is 43.6 Å². The van der Waals surface area contributed by atoms with Crippen molar-refractivity contribution in [1.82, 2.24) is 10.2 Å². The lowest BCUT2D eigenvalue weighted by molar-refractivity contribution is 0.328. The van der Waals surface area contributed by atoms with Crippen LogP contribution in [0.2, 0.25) is 0 Å². The van der Waals surface area contributed by atoms with E-state index in [4.69, 9.17) is 5.73 Å². The zero-order valence-electron chi connectivity index (χ0n) is 14.0. The molecule has 5 heteroatoms. The van der Waals surface area contributed by atoms with Gasteiger partial charge in [-0.3, -0.25) is 0 Å². The van der Waals surface area contributed by atoms with E-state index in [1.807, 2.05) is 6.92 Å². The predicted octanol–water partition coefficient (Wildman–Crippen LogP) is 2.65. The third-order valence-corrected chi connectivity index (χ3v) is 4.02. The van der Waals surface area contributed by atoms with Gasteiger partial charge in [0.1, 0.15) is 0 Å². The molecular formula is C18H29IN4. The number of nitrogens with zero attached hydrogens (tertiary/aromatic N) is 2. The molecule has 0 amide bonds. The molecule has 0 saturated carbocycles. The van der Waals surface area contributed by atoms with Gasteiger partial charge in [0.05, 0.1) is 6.54 Å². The lowest BCUT2D eigenvalue weighted by Crippen LogP contribution is -2.36. The second kappa shape index (κ2) is 10.6. The first-order chi connectivity index (χ1) is 10.6. The number of guanidine groups is 1. The van der Waals surface area contributed by atoms with E-state index in [1.54, 1.807) is 0 Å². The minimum atomic E-state index is 0. The summed E-state index contributed by atoms with van der Waals surface area (Å²) in [7, 11) is 0. The molecule has 1 aromatic carbocycles.